The smallest absolute Gasteiger partial charge is 0.253 e. The zero-order valence-corrected chi connectivity index (χ0v) is 11.4. The number of carbonyl (C=O) groups excluding carboxylic acids is 1. The number of hydrogen-bond donors (Lipinski definition) is 0. The van der Waals surface area contributed by atoms with Gasteiger partial charge in [0, 0.05) is 35.8 Å². The molecular formula is C14H16N2OS. The topological polar surface area (TPSA) is 33.2 Å². The number of aromatic nitrogens is 1. The molecule has 0 aliphatic heterocycles. The molecule has 0 atom stereocenters. The second-order valence-electron chi connectivity index (χ2n) is 3.90. The summed E-state index contributed by atoms with van der Waals surface area (Å²) in [6.45, 7) is 5.45. The summed E-state index contributed by atoms with van der Waals surface area (Å²) in [6.07, 6.45) is 1.78. The Hall–Kier alpha value is -1.68. The van der Waals surface area contributed by atoms with Crippen molar-refractivity contribution < 1.29 is 4.79 Å². The number of amides is 1. The summed E-state index contributed by atoms with van der Waals surface area (Å²) in [5.41, 5.74) is 1.73. The zero-order chi connectivity index (χ0) is 13.0. The Morgan fingerprint density at radius 3 is 2.72 bits per heavy atom. The van der Waals surface area contributed by atoms with Gasteiger partial charge in [-0.15, -0.1) is 11.3 Å². The predicted molar refractivity (Wildman–Crippen MR) is 74.8 cm³/mol. The van der Waals surface area contributed by atoms with E-state index in [1.54, 1.807) is 17.5 Å². The second kappa shape index (κ2) is 5.78. The molecule has 0 fully saturated rings. The molecule has 1 aromatic heterocycles. The van der Waals surface area contributed by atoms with Crippen LogP contribution in [-0.2, 0) is 0 Å². The number of nitrogens with zero attached hydrogens (tertiary/aromatic N) is 2. The van der Waals surface area contributed by atoms with E-state index in [1.165, 1.54) is 0 Å². The maximum atomic E-state index is 12.2. The molecule has 0 bridgehead atoms. The molecule has 18 heavy (non-hydrogen) atoms. The zero-order valence-electron chi connectivity index (χ0n) is 10.6. The Morgan fingerprint density at radius 1 is 1.33 bits per heavy atom. The normalized spacial score (nSPS) is 10.3. The molecule has 3 nitrogen and oxygen atoms in total. The molecule has 1 aromatic carbocycles. The fraction of sp³-hybridized carbons (Fsp3) is 0.286. The van der Waals surface area contributed by atoms with Crippen LogP contribution in [0.5, 0.6) is 0 Å². The van der Waals surface area contributed by atoms with Crippen LogP contribution in [0.1, 0.15) is 24.2 Å². The van der Waals surface area contributed by atoms with E-state index >= 15 is 0 Å². The lowest BCUT2D eigenvalue weighted by Crippen LogP contribution is -2.30. The first-order valence-electron chi connectivity index (χ1n) is 6.05. The maximum Gasteiger partial charge on any atom is 0.253 e. The molecule has 0 spiro atoms. The number of carbonyl (C=O) groups is 1. The second-order valence-corrected chi connectivity index (χ2v) is 4.79. The van der Waals surface area contributed by atoms with E-state index in [0.717, 1.165) is 29.2 Å². The molecule has 0 saturated carbocycles. The van der Waals surface area contributed by atoms with Crippen LogP contribution in [0.3, 0.4) is 0 Å². The Labute approximate surface area is 111 Å². The average molecular weight is 260 g/mol. The Balaban J connectivity index is 2.30. The van der Waals surface area contributed by atoms with E-state index in [0.29, 0.717) is 0 Å². The van der Waals surface area contributed by atoms with Crippen molar-refractivity contribution in [2.75, 3.05) is 13.1 Å². The van der Waals surface area contributed by atoms with Gasteiger partial charge in [-0.2, -0.15) is 0 Å². The number of benzene rings is 1. The molecule has 4 heteroatoms. The molecule has 0 N–H and O–H groups in total. The lowest BCUT2D eigenvalue weighted by Gasteiger charge is -2.18. The van der Waals surface area contributed by atoms with E-state index < -0.39 is 0 Å². The van der Waals surface area contributed by atoms with Crippen molar-refractivity contribution in [1.82, 2.24) is 9.88 Å². The van der Waals surface area contributed by atoms with E-state index in [1.807, 2.05) is 48.4 Å². The summed E-state index contributed by atoms with van der Waals surface area (Å²) < 4.78 is 0. The molecule has 2 rings (SSSR count). The van der Waals surface area contributed by atoms with E-state index in [-0.39, 0.29) is 5.91 Å². The molecule has 0 radical (unpaired) electrons. The molecule has 0 aliphatic rings. The molecule has 0 unspecified atom stereocenters. The van der Waals surface area contributed by atoms with Crippen molar-refractivity contribution in [1.29, 1.82) is 0 Å². The van der Waals surface area contributed by atoms with Crippen LogP contribution < -0.4 is 0 Å². The first-order valence-corrected chi connectivity index (χ1v) is 6.93. The fourth-order valence-electron chi connectivity index (χ4n) is 1.84. The van der Waals surface area contributed by atoms with Gasteiger partial charge >= 0.3 is 0 Å². The van der Waals surface area contributed by atoms with Gasteiger partial charge in [0.15, 0.2) is 0 Å². The van der Waals surface area contributed by atoms with Crippen molar-refractivity contribution in [3.8, 4) is 10.6 Å². The molecular weight excluding hydrogens is 244 g/mol. The number of thiazole rings is 1. The van der Waals surface area contributed by atoms with Crippen LogP contribution in [0.15, 0.2) is 35.8 Å². The minimum Gasteiger partial charge on any atom is -0.339 e. The lowest BCUT2D eigenvalue weighted by molar-refractivity contribution is 0.0773. The summed E-state index contributed by atoms with van der Waals surface area (Å²) in [5, 5.41) is 2.89. The summed E-state index contributed by atoms with van der Waals surface area (Å²) in [6, 6.07) is 7.67. The number of hydrogen-bond acceptors (Lipinski definition) is 3. The molecule has 1 amide bonds. The van der Waals surface area contributed by atoms with Crippen molar-refractivity contribution in [2.45, 2.75) is 13.8 Å². The molecule has 94 valence electrons. The number of rotatable bonds is 4. The quantitative estimate of drug-likeness (QED) is 0.845. The van der Waals surface area contributed by atoms with E-state index in [9.17, 15) is 4.79 Å². The Morgan fingerprint density at radius 2 is 2.11 bits per heavy atom. The molecule has 1 heterocycles. The van der Waals surface area contributed by atoms with Crippen LogP contribution in [0, 0.1) is 0 Å². The van der Waals surface area contributed by atoms with Gasteiger partial charge in [-0.1, -0.05) is 12.1 Å². The molecule has 0 aliphatic carbocycles. The molecule has 2 aromatic rings. The van der Waals surface area contributed by atoms with Crippen molar-refractivity contribution >= 4 is 17.2 Å². The van der Waals surface area contributed by atoms with Gasteiger partial charge in [-0.05, 0) is 26.0 Å². The van der Waals surface area contributed by atoms with Gasteiger partial charge in [-0.25, -0.2) is 4.98 Å². The van der Waals surface area contributed by atoms with Gasteiger partial charge in [0.05, 0.1) is 0 Å². The van der Waals surface area contributed by atoms with E-state index in [4.69, 9.17) is 0 Å². The van der Waals surface area contributed by atoms with Crippen LogP contribution in [0.2, 0.25) is 0 Å². The minimum absolute atomic E-state index is 0.0819. The molecule has 0 saturated heterocycles. The van der Waals surface area contributed by atoms with Crippen molar-refractivity contribution in [3.63, 3.8) is 0 Å². The third kappa shape index (κ3) is 2.59. The van der Waals surface area contributed by atoms with Crippen LogP contribution >= 0.6 is 11.3 Å². The third-order valence-corrected chi connectivity index (χ3v) is 3.66. The van der Waals surface area contributed by atoms with Gasteiger partial charge in [-0.3, -0.25) is 4.79 Å². The average Bonchev–Trinajstić information content (AvgIpc) is 2.94. The van der Waals surface area contributed by atoms with Crippen molar-refractivity contribution in [3.05, 3.63) is 41.4 Å². The SMILES string of the molecule is CCN(CC)C(=O)c1cccc(-c2nccs2)c1. The maximum absolute atomic E-state index is 12.2. The summed E-state index contributed by atoms with van der Waals surface area (Å²) >= 11 is 1.58. The highest BCUT2D eigenvalue weighted by molar-refractivity contribution is 7.13. The van der Waals surface area contributed by atoms with Gasteiger partial charge in [0.1, 0.15) is 5.01 Å². The highest BCUT2D eigenvalue weighted by atomic mass is 32.1. The third-order valence-electron chi connectivity index (χ3n) is 2.84. The summed E-state index contributed by atoms with van der Waals surface area (Å²) in [5.74, 6) is 0.0819. The van der Waals surface area contributed by atoms with Crippen LogP contribution in [0.25, 0.3) is 10.6 Å². The van der Waals surface area contributed by atoms with E-state index in [2.05, 4.69) is 4.98 Å². The first kappa shape index (κ1) is 12.8. The van der Waals surface area contributed by atoms with Gasteiger partial charge in [0.25, 0.3) is 5.91 Å². The highest BCUT2D eigenvalue weighted by Gasteiger charge is 2.13. The Bertz CT molecular complexity index is 518. The predicted octanol–water partition coefficient (Wildman–Crippen LogP) is 3.29. The summed E-state index contributed by atoms with van der Waals surface area (Å²) in [7, 11) is 0. The lowest BCUT2D eigenvalue weighted by atomic mass is 10.1. The highest BCUT2D eigenvalue weighted by Crippen LogP contribution is 2.22. The standard InChI is InChI=1S/C14H16N2OS/c1-3-16(4-2)14(17)12-7-5-6-11(10-12)13-15-8-9-18-13/h5-10H,3-4H2,1-2H3. The van der Waals surface area contributed by atoms with Crippen LogP contribution in [0.4, 0.5) is 0 Å². The first-order chi connectivity index (χ1) is 8.76. The monoisotopic (exact) mass is 260 g/mol. The minimum atomic E-state index is 0.0819. The largest absolute Gasteiger partial charge is 0.339 e. The summed E-state index contributed by atoms with van der Waals surface area (Å²) in [4.78, 5) is 18.3. The fourth-order valence-corrected chi connectivity index (χ4v) is 2.48. The Kier molecular flexibility index (Phi) is 4.10. The van der Waals surface area contributed by atoms with Gasteiger partial charge in [0.2, 0.25) is 0 Å². The van der Waals surface area contributed by atoms with Gasteiger partial charge < -0.3 is 4.90 Å². The van der Waals surface area contributed by atoms with Crippen LogP contribution in [-0.4, -0.2) is 28.9 Å². The van der Waals surface area contributed by atoms with Crippen molar-refractivity contribution in [2.24, 2.45) is 0 Å².